The van der Waals surface area contributed by atoms with Crippen LogP contribution in [0.25, 0.3) is 0 Å². The topological polar surface area (TPSA) is 66.5 Å². The van der Waals surface area contributed by atoms with E-state index in [2.05, 4.69) is 5.32 Å². The van der Waals surface area contributed by atoms with Gasteiger partial charge in [-0.2, -0.15) is 0 Å². The van der Waals surface area contributed by atoms with Gasteiger partial charge in [0, 0.05) is 12.7 Å². The lowest BCUT2D eigenvalue weighted by molar-refractivity contribution is 0.0692. The molecule has 6 heteroatoms. The van der Waals surface area contributed by atoms with Gasteiger partial charge in [-0.25, -0.2) is 0 Å². The third-order valence-corrected chi connectivity index (χ3v) is 4.43. The van der Waals surface area contributed by atoms with Crippen molar-refractivity contribution in [2.45, 2.75) is 6.92 Å². The predicted molar refractivity (Wildman–Crippen MR) is 79.9 cm³/mol. The normalized spacial score (nSPS) is 13.5. The van der Waals surface area contributed by atoms with E-state index in [9.17, 15) is 14.4 Å². The van der Waals surface area contributed by atoms with Crippen molar-refractivity contribution in [2.24, 2.45) is 0 Å². The largest absolute Gasteiger partial charge is 0.321 e. The zero-order chi connectivity index (χ0) is 15.1. The summed E-state index contributed by atoms with van der Waals surface area (Å²) >= 11 is 1.36. The SMILES string of the molecule is Cc1ccsc1C(=O)Nc1ccc2c(c1)C(=O)N(C)C2=O. The first-order chi connectivity index (χ1) is 9.99. The first-order valence-electron chi connectivity index (χ1n) is 6.31. The van der Waals surface area contributed by atoms with Gasteiger partial charge in [0.2, 0.25) is 0 Å². The Labute approximate surface area is 125 Å². The monoisotopic (exact) mass is 300 g/mol. The molecule has 1 aliphatic rings. The lowest BCUT2D eigenvalue weighted by Gasteiger charge is -2.05. The van der Waals surface area contributed by atoms with Crippen molar-refractivity contribution in [2.75, 3.05) is 12.4 Å². The number of amides is 3. The van der Waals surface area contributed by atoms with Crippen LogP contribution in [0.5, 0.6) is 0 Å². The molecule has 0 atom stereocenters. The maximum atomic E-state index is 12.1. The van der Waals surface area contributed by atoms with Crippen LogP contribution in [0.4, 0.5) is 5.69 Å². The molecule has 5 nitrogen and oxygen atoms in total. The summed E-state index contributed by atoms with van der Waals surface area (Å²) in [6.45, 7) is 1.87. The lowest BCUT2D eigenvalue weighted by Crippen LogP contribution is -2.24. The zero-order valence-corrected chi connectivity index (χ0v) is 12.3. The summed E-state index contributed by atoms with van der Waals surface area (Å²) in [6.07, 6.45) is 0. The highest BCUT2D eigenvalue weighted by Gasteiger charge is 2.32. The minimum absolute atomic E-state index is 0.215. The zero-order valence-electron chi connectivity index (χ0n) is 11.5. The number of benzene rings is 1. The summed E-state index contributed by atoms with van der Waals surface area (Å²) in [5.41, 5.74) is 2.10. The van der Waals surface area contributed by atoms with E-state index in [-0.39, 0.29) is 17.7 Å². The van der Waals surface area contributed by atoms with E-state index >= 15 is 0 Å². The summed E-state index contributed by atoms with van der Waals surface area (Å²) in [5, 5.41) is 4.61. The fourth-order valence-corrected chi connectivity index (χ4v) is 3.05. The summed E-state index contributed by atoms with van der Waals surface area (Å²) in [5.74, 6) is -0.882. The third-order valence-electron chi connectivity index (χ3n) is 3.42. The number of hydrogen-bond acceptors (Lipinski definition) is 4. The lowest BCUT2D eigenvalue weighted by atomic mass is 10.1. The minimum atomic E-state index is -0.349. The van der Waals surface area contributed by atoms with Crippen molar-refractivity contribution in [3.05, 3.63) is 51.2 Å². The maximum absolute atomic E-state index is 12.1. The van der Waals surface area contributed by atoms with E-state index in [1.165, 1.54) is 18.4 Å². The number of carbonyl (C=O) groups is 3. The van der Waals surface area contributed by atoms with Gasteiger partial charge < -0.3 is 5.32 Å². The Morgan fingerprint density at radius 2 is 1.86 bits per heavy atom. The number of carbonyl (C=O) groups excluding carboxylic acids is 3. The highest BCUT2D eigenvalue weighted by molar-refractivity contribution is 7.12. The Morgan fingerprint density at radius 1 is 1.14 bits per heavy atom. The first kappa shape index (κ1) is 13.5. The molecule has 0 radical (unpaired) electrons. The molecule has 1 N–H and O–H groups in total. The Kier molecular flexibility index (Phi) is 3.10. The minimum Gasteiger partial charge on any atom is -0.321 e. The molecule has 0 spiro atoms. The van der Waals surface area contributed by atoms with Crippen molar-refractivity contribution >= 4 is 34.7 Å². The van der Waals surface area contributed by atoms with Crippen molar-refractivity contribution in [3.63, 3.8) is 0 Å². The molecule has 2 heterocycles. The van der Waals surface area contributed by atoms with E-state index in [1.807, 2.05) is 18.4 Å². The van der Waals surface area contributed by atoms with Crippen LogP contribution in [0.3, 0.4) is 0 Å². The molecular weight excluding hydrogens is 288 g/mol. The van der Waals surface area contributed by atoms with Crippen LogP contribution in [0.2, 0.25) is 0 Å². The fraction of sp³-hybridized carbons (Fsp3) is 0.133. The van der Waals surface area contributed by atoms with Gasteiger partial charge in [0.1, 0.15) is 0 Å². The average Bonchev–Trinajstić information content (AvgIpc) is 2.98. The van der Waals surface area contributed by atoms with Crippen LogP contribution >= 0.6 is 11.3 Å². The molecule has 2 aromatic rings. The molecule has 0 saturated carbocycles. The number of imide groups is 1. The molecule has 106 valence electrons. The Morgan fingerprint density at radius 3 is 2.52 bits per heavy atom. The van der Waals surface area contributed by atoms with Crippen LogP contribution in [-0.4, -0.2) is 29.7 Å². The Bertz CT molecular complexity index is 779. The summed E-state index contributed by atoms with van der Waals surface area (Å²) < 4.78 is 0. The van der Waals surface area contributed by atoms with E-state index in [0.717, 1.165) is 10.5 Å². The first-order valence-corrected chi connectivity index (χ1v) is 7.19. The van der Waals surface area contributed by atoms with Gasteiger partial charge in [0.05, 0.1) is 16.0 Å². The highest BCUT2D eigenvalue weighted by atomic mass is 32.1. The molecule has 0 fully saturated rings. The third kappa shape index (κ3) is 2.13. The number of nitrogens with one attached hydrogen (secondary N) is 1. The van der Waals surface area contributed by atoms with Crippen molar-refractivity contribution in [3.8, 4) is 0 Å². The molecule has 21 heavy (non-hydrogen) atoms. The molecule has 3 rings (SSSR count). The maximum Gasteiger partial charge on any atom is 0.265 e. The van der Waals surface area contributed by atoms with Crippen LogP contribution < -0.4 is 5.32 Å². The number of thiophene rings is 1. The van der Waals surface area contributed by atoms with Gasteiger partial charge >= 0.3 is 0 Å². The van der Waals surface area contributed by atoms with E-state index in [1.54, 1.807) is 18.2 Å². The molecule has 0 bridgehead atoms. The van der Waals surface area contributed by atoms with Crippen molar-refractivity contribution < 1.29 is 14.4 Å². The van der Waals surface area contributed by atoms with Crippen LogP contribution in [0, 0.1) is 6.92 Å². The quantitative estimate of drug-likeness (QED) is 0.867. The molecule has 0 aliphatic carbocycles. The standard InChI is InChI=1S/C15H12N2O3S/c1-8-5-6-21-12(8)13(18)16-9-3-4-10-11(7-9)15(20)17(2)14(10)19/h3-7H,1-2H3,(H,16,18). The highest BCUT2D eigenvalue weighted by Crippen LogP contribution is 2.25. The second kappa shape index (κ2) is 4.82. The van der Waals surface area contributed by atoms with E-state index in [4.69, 9.17) is 0 Å². The smallest absolute Gasteiger partial charge is 0.265 e. The van der Waals surface area contributed by atoms with E-state index in [0.29, 0.717) is 21.7 Å². The number of anilines is 1. The molecular formula is C15H12N2O3S. The average molecular weight is 300 g/mol. The van der Waals surface area contributed by atoms with Crippen LogP contribution in [-0.2, 0) is 0 Å². The second-order valence-electron chi connectivity index (χ2n) is 4.82. The number of fused-ring (bicyclic) bond motifs is 1. The molecule has 3 amide bonds. The van der Waals surface area contributed by atoms with Crippen LogP contribution in [0.15, 0.2) is 29.6 Å². The van der Waals surface area contributed by atoms with Gasteiger partial charge in [-0.15, -0.1) is 11.3 Å². The molecule has 0 unspecified atom stereocenters. The molecule has 1 aromatic heterocycles. The number of rotatable bonds is 2. The van der Waals surface area contributed by atoms with Crippen molar-refractivity contribution in [1.82, 2.24) is 4.90 Å². The number of nitrogens with zero attached hydrogens (tertiary/aromatic N) is 1. The molecule has 0 saturated heterocycles. The van der Waals surface area contributed by atoms with Gasteiger partial charge in [0.25, 0.3) is 17.7 Å². The van der Waals surface area contributed by atoms with Gasteiger partial charge in [-0.3, -0.25) is 19.3 Å². The van der Waals surface area contributed by atoms with E-state index < -0.39 is 0 Å². The molecule has 1 aliphatic heterocycles. The van der Waals surface area contributed by atoms with Gasteiger partial charge in [-0.1, -0.05) is 0 Å². The summed E-state index contributed by atoms with van der Waals surface area (Å²) in [7, 11) is 1.44. The number of hydrogen-bond donors (Lipinski definition) is 1. The Hall–Kier alpha value is -2.47. The predicted octanol–water partition coefficient (Wildman–Crippen LogP) is 2.53. The summed E-state index contributed by atoms with van der Waals surface area (Å²) in [6, 6.07) is 6.61. The van der Waals surface area contributed by atoms with Gasteiger partial charge in [0.15, 0.2) is 0 Å². The summed E-state index contributed by atoms with van der Waals surface area (Å²) in [4.78, 5) is 37.6. The number of aryl methyl sites for hydroxylation is 1. The Balaban J connectivity index is 1.89. The second-order valence-corrected chi connectivity index (χ2v) is 5.73. The van der Waals surface area contributed by atoms with Gasteiger partial charge in [-0.05, 0) is 42.1 Å². The fourth-order valence-electron chi connectivity index (χ4n) is 2.23. The molecule has 1 aromatic carbocycles. The van der Waals surface area contributed by atoms with Crippen LogP contribution in [0.1, 0.15) is 36.0 Å². The van der Waals surface area contributed by atoms with Crippen molar-refractivity contribution in [1.29, 1.82) is 0 Å².